The summed E-state index contributed by atoms with van der Waals surface area (Å²) >= 11 is 1.66. The molecule has 4 nitrogen and oxygen atoms in total. The topological polar surface area (TPSA) is 49.4 Å². The molecule has 2 aromatic rings. The lowest BCUT2D eigenvalue weighted by molar-refractivity contribution is -0.123. The van der Waals surface area contributed by atoms with Gasteiger partial charge in [0.2, 0.25) is 5.91 Å². The molecule has 0 bridgehead atoms. The zero-order valence-electron chi connectivity index (χ0n) is 13.4. The number of carbonyl (C=O) groups excluding carboxylic acids is 2. The Kier molecular flexibility index (Phi) is 3.88. The number of carbonyl (C=O) groups is 2. The van der Waals surface area contributed by atoms with Crippen LogP contribution in [0.1, 0.15) is 28.1 Å². The molecule has 1 N–H and O–H groups in total. The maximum absolute atomic E-state index is 12.5. The minimum absolute atomic E-state index is 0.0178. The second-order valence-electron chi connectivity index (χ2n) is 6.76. The molecule has 1 spiro atoms. The number of amides is 2. The van der Waals surface area contributed by atoms with Crippen LogP contribution in [0.3, 0.4) is 0 Å². The minimum Gasteiger partial charge on any atom is -0.351 e. The average Bonchev–Trinajstić information content (AvgIpc) is 2.95. The first-order valence-electron chi connectivity index (χ1n) is 8.32. The summed E-state index contributed by atoms with van der Waals surface area (Å²) in [6.07, 6.45) is 1.84. The number of thiophene rings is 1. The summed E-state index contributed by atoms with van der Waals surface area (Å²) in [6.45, 7) is 2.07. The van der Waals surface area contributed by atoms with Crippen LogP contribution in [0, 0.1) is 11.3 Å². The summed E-state index contributed by atoms with van der Waals surface area (Å²) in [5.74, 6) is 0.278. The van der Waals surface area contributed by atoms with Crippen LogP contribution in [0.4, 0.5) is 0 Å². The van der Waals surface area contributed by atoms with Gasteiger partial charge in [-0.15, -0.1) is 11.3 Å². The molecular formula is C19H20N2O2S. The molecule has 1 aromatic carbocycles. The second kappa shape index (κ2) is 6.06. The molecule has 5 heteroatoms. The van der Waals surface area contributed by atoms with E-state index in [1.165, 1.54) is 4.88 Å². The monoisotopic (exact) mass is 340 g/mol. The van der Waals surface area contributed by atoms with Crippen LogP contribution in [0.25, 0.3) is 0 Å². The molecule has 2 atom stereocenters. The molecule has 2 heterocycles. The van der Waals surface area contributed by atoms with E-state index in [9.17, 15) is 9.59 Å². The quantitative estimate of drug-likeness (QED) is 0.930. The molecule has 2 fully saturated rings. The van der Waals surface area contributed by atoms with Crippen molar-refractivity contribution in [3.63, 3.8) is 0 Å². The van der Waals surface area contributed by atoms with Crippen LogP contribution in [0.2, 0.25) is 0 Å². The van der Waals surface area contributed by atoms with Crippen molar-refractivity contribution in [1.82, 2.24) is 10.2 Å². The molecule has 4 rings (SSSR count). The third-order valence-electron chi connectivity index (χ3n) is 5.22. The van der Waals surface area contributed by atoms with E-state index in [-0.39, 0.29) is 23.1 Å². The maximum Gasteiger partial charge on any atom is 0.253 e. The largest absolute Gasteiger partial charge is 0.351 e. The molecule has 124 valence electrons. The summed E-state index contributed by atoms with van der Waals surface area (Å²) in [6, 6.07) is 13.4. The van der Waals surface area contributed by atoms with Crippen molar-refractivity contribution < 1.29 is 9.59 Å². The highest BCUT2D eigenvalue weighted by molar-refractivity contribution is 7.09. The number of nitrogens with one attached hydrogen (secondary N) is 1. The molecular weight excluding hydrogens is 320 g/mol. The van der Waals surface area contributed by atoms with Crippen LogP contribution >= 0.6 is 11.3 Å². The van der Waals surface area contributed by atoms with Crippen molar-refractivity contribution in [3.05, 3.63) is 58.3 Å². The number of hydrogen-bond donors (Lipinski definition) is 1. The Morgan fingerprint density at radius 2 is 2.04 bits per heavy atom. The van der Waals surface area contributed by atoms with Gasteiger partial charge in [-0.3, -0.25) is 9.59 Å². The van der Waals surface area contributed by atoms with Crippen LogP contribution in [-0.4, -0.2) is 29.8 Å². The van der Waals surface area contributed by atoms with Crippen molar-refractivity contribution in [1.29, 1.82) is 0 Å². The van der Waals surface area contributed by atoms with Gasteiger partial charge in [0.1, 0.15) is 0 Å². The number of benzene rings is 1. The first-order valence-corrected chi connectivity index (χ1v) is 9.20. The molecule has 1 saturated heterocycles. The number of likely N-dealkylation sites (tertiary alicyclic amines) is 1. The van der Waals surface area contributed by atoms with E-state index >= 15 is 0 Å². The van der Waals surface area contributed by atoms with Crippen molar-refractivity contribution >= 4 is 23.2 Å². The fourth-order valence-electron chi connectivity index (χ4n) is 3.71. The van der Waals surface area contributed by atoms with Gasteiger partial charge in [-0.25, -0.2) is 0 Å². The van der Waals surface area contributed by atoms with Crippen molar-refractivity contribution in [2.75, 3.05) is 13.1 Å². The molecule has 1 aliphatic heterocycles. The number of nitrogens with zero attached hydrogens (tertiary/aromatic N) is 1. The summed E-state index contributed by atoms with van der Waals surface area (Å²) in [4.78, 5) is 28.0. The molecule has 2 amide bonds. The average molecular weight is 340 g/mol. The van der Waals surface area contributed by atoms with Crippen LogP contribution in [-0.2, 0) is 11.3 Å². The standard InChI is InChI=1S/C19H20N2O2S/c22-17(20-12-15-7-4-10-24-15)16-11-19(16)8-9-21(13-19)18(23)14-5-2-1-3-6-14/h1-7,10,16H,8-9,11-13H2,(H,20,22). The summed E-state index contributed by atoms with van der Waals surface area (Å²) in [7, 11) is 0. The van der Waals surface area contributed by atoms with Gasteiger partial charge < -0.3 is 10.2 Å². The maximum atomic E-state index is 12.5. The van der Waals surface area contributed by atoms with Crippen molar-refractivity contribution in [3.8, 4) is 0 Å². The van der Waals surface area contributed by atoms with E-state index in [4.69, 9.17) is 0 Å². The highest BCUT2D eigenvalue weighted by Gasteiger charge is 2.61. The first kappa shape index (κ1) is 15.4. The third-order valence-corrected chi connectivity index (χ3v) is 6.09. The Morgan fingerprint density at radius 3 is 2.79 bits per heavy atom. The molecule has 2 aliphatic rings. The van der Waals surface area contributed by atoms with E-state index in [1.54, 1.807) is 11.3 Å². The molecule has 0 radical (unpaired) electrons. The lowest BCUT2D eigenvalue weighted by Crippen LogP contribution is -2.31. The van der Waals surface area contributed by atoms with Gasteiger partial charge in [0.05, 0.1) is 6.54 Å². The predicted octanol–water partition coefficient (Wildman–Crippen LogP) is 2.92. The summed E-state index contributed by atoms with van der Waals surface area (Å²) < 4.78 is 0. The van der Waals surface area contributed by atoms with Gasteiger partial charge in [-0.1, -0.05) is 24.3 Å². The summed E-state index contributed by atoms with van der Waals surface area (Å²) in [5.41, 5.74) is 0.748. The molecule has 1 aliphatic carbocycles. The molecule has 24 heavy (non-hydrogen) atoms. The highest BCUT2D eigenvalue weighted by Crippen LogP contribution is 2.58. The van der Waals surface area contributed by atoms with E-state index < -0.39 is 0 Å². The number of rotatable bonds is 4. The van der Waals surface area contributed by atoms with Crippen molar-refractivity contribution in [2.45, 2.75) is 19.4 Å². The molecule has 2 unspecified atom stereocenters. The fourth-order valence-corrected chi connectivity index (χ4v) is 4.36. The van der Waals surface area contributed by atoms with Gasteiger partial charge >= 0.3 is 0 Å². The smallest absolute Gasteiger partial charge is 0.253 e. The predicted molar refractivity (Wildman–Crippen MR) is 93.7 cm³/mol. The van der Waals surface area contributed by atoms with E-state index in [0.717, 1.165) is 24.9 Å². The first-order chi connectivity index (χ1) is 11.7. The van der Waals surface area contributed by atoms with E-state index in [1.807, 2.05) is 52.7 Å². The van der Waals surface area contributed by atoms with Crippen LogP contribution in [0.5, 0.6) is 0 Å². The Balaban J connectivity index is 1.34. The van der Waals surface area contributed by atoms with Crippen LogP contribution in [0.15, 0.2) is 47.8 Å². The Hall–Kier alpha value is -2.14. The summed E-state index contributed by atoms with van der Waals surface area (Å²) in [5, 5.41) is 5.06. The second-order valence-corrected chi connectivity index (χ2v) is 7.79. The van der Waals surface area contributed by atoms with Gasteiger partial charge in [0.15, 0.2) is 0 Å². The fraction of sp³-hybridized carbons (Fsp3) is 0.368. The van der Waals surface area contributed by atoms with Gasteiger partial charge in [0.25, 0.3) is 5.91 Å². The van der Waals surface area contributed by atoms with Gasteiger partial charge in [-0.2, -0.15) is 0 Å². The SMILES string of the molecule is O=C(NCc1cccs1)C1CC12CCN(C(=O)c1ccccc1)C2. The zero-order chi connectivity index (χ0) is 16.6. The molecule has 1 aromatic heterocycles. The zero-order valence-corrected chi connectivity index (χ0v) is 14.2. The Morgan fingerprint density at radius 1 is 1.21 bits per heavy atom. The molecule has 1 saturated carbocycles. The third kappa shape index (κ3) is 2.84. The van der Waals surface area contributed by atoms with E-state index in [0.29, 0.717) is 13.1 Å². The van der Waals surface area contributed by atoms with Gasteiger partial charge in [-0.05, 0) is 36.4 Å². The number of hydrogen-bond acceptors (Lipinski definition) is 3. The van der Waals surface area contributed by atoms with Gasteiger partial charge in [0, 0.05) is 34.9 Å². The van der Waals surface area contributed by atoms with Crippen molar-refractivity contribution in [2.24, 2.45) is 11.3 Å². The van der Waals surface area contributed by atoms with Crippen LogP contribution < -0.4 is 5.32 Å². The lowest BCUT2D eigenvalue weighted by atomic mass is 10.0. The Bertz CT molecular complexity index is 744. The normalized spacial score (nSPS) is 25.0. The minimum atomic E-state index is 0.0178. The Labute approximate surface area is 145 Å². The lowest BCUT2D eigenvalue weighted by Gasteiger charge is -2.16. The van der Waals surface area contributed by atoms with E-state index in [2.05, 4.69) is 5.32 Å². The highest BCUT2D eigenvalue weighted by atomic mass is 32.1.